The Balaban J connectivity index is 0. The molecule has 0 unspecified atom stereocenters. The van der Waals surface area contributed by atoms with Crippen molar-refractivity contribution in [3.63, 3.8) is 0 Å². The van der Waals surface area contributed by atoms with Crippen LogP contribution in [0.4, 0.5) is 0 Å². The Morgan fingerprint density at radius 2 is 2.20 bits per heavy atom. The second-order valence-corrected chi connectivity index (χ2v) is 2.93. The van der Waals surface area contributed by atoms with Crippen LogP contribution in [0.25, 0.3) is 0 Å². The summed E-state index contributed by atoms with van der Waals surface area (Å²) in [6.07, 6.45) is 4.97. The summed E-state index contributed by atoms with van der Waals surface area (Å²) in [6.45, 7) is 5.51. The standard InChI is InChI=1S/C5H6N.CHO2.Zn/c1-2-3-4-5-6;2-1-3;/h1-4H,6H2;(H,2,3);/q2*-1;/b4-3-;;. The third-order valence-corrected chi connectivity index (χ3v) is 0.916. The molecule has 0 aromatic carbocycles. The fourth-order valence-electron chi connectivity index (χ4n) is 0.179. The number of hydrogen-bond donors (Lipinski definition) is 2. The van der Waals surface area contributed by atoms with Gasteiger partial charge in [-0.2, -0.15) is 0 Å². The summed E-state index contributed by atoms with van der Waals surface area (Å²) < 4.78 is 0.890. The molecular formula is C6H7NO2Zn-2. The molecule has 0 fully saturated rings. The first-order valence-electron chi connectivity index (χ1n) is 2.36. The Morgan fingerprint density at radius 1 is 1.80 bits per heavy atom. The van der Waals surface area contributed by atoms with Gasteiger partial charge in [-0.15, -0.1) is 0 Å². The fraction of sp³-hybridized carbons (Fsp3) is 0. The number of nitrogens with two attached hydrogens (primary N) is 1. The predicted octanol–water partition coefficient (Wildman–Crippen LogP) is -0.221. The van der Waals surface area contributed by atoms with Gasteiger partial charge in [-0.1, -0.05) is 6.47 Å². The van der Waals surface area contributed by atoms with Crippen molar-refractivity contribution in [2.45, 2.75) is 0 Å². The van der Waals surface area contributed by atoms with Crippen molar-refractivity contribution in [3.8, 4) is 0 Å². The summed E-state index contributed by atoms with van der Waals surface area (Å²) in [4.78, 5) is 8.24. The summed E-state index contributed by atoms with van der Waals surface area (Å²) >= 11 is 1.00. The van der Waals surface area contributed by atoms with E-state index in [0.717, 1.165) is 22.1 Å². The molecule has 0 spiro atoms. The van der Waals surface area contributed by atoms with Crippen LogP contribution >= 0.6 is 0 Å². The molecule has 0 rings (SSSR count). The van der Waals surface area contributed by atoms with E-state index in [1.54, 1.807) is 12.2 Å². The van der Waals surface area contributed by atoms with Crippen LogP contribution < -0.4 is 5.73 Å². The summed E-state index contributed by atoms with van der Waals surface area (Å²) in [5, 5.41) is 6.76. The Kier molecular flexibility index (Phi) is 13.6. The quantitative estimate of drug-likeness (QED) is 0.360. The summed E-state index contributed by atoms with van der Waals surface area (Å²) in [7, 11) is 0. The Labute approximate surface area is 69.4 Å². The number of aliphatic hydroxyl groups excluding tert-OH is 1. The first kappa shape index (κ1) is 12.1. The number of allylic oxidation sites excluding steroid dienone is 2. The minimum absolute atomic E-state index is 0.500. The van der Waals surface area contributed by atoms with Gasteiger partial charge in [0.05, 0.1) is 0 Å². The van der Waals surface area contributed by atoms with E-state index in [0.29, 0.717) is 6.47 Å². The molecule has 52 valence electrons. The van der Waals surface area contributed by atoms with Crippen LogP contribution in [0.5, 0.6) is 0 Å². The van der Waals surface area contributed by atoms with Crippen LogP contribution in [-0.4, -0.2) is 15.8 Å². The molecule has 3 N–H and O–H groups in total. The van der Waals surface area contributed by atoms with E-state index in [9.17, 15) is 0 Å². The molecule has 0 aromatic rings. The van der Waals surface area contributed by atoms with Crippen LogP contribution in [0.15, 0.2) is 18.2 Å². The summed E-state index contributed by atoms with van der Waals surface area (Å²) in [5.74, 6) is 0. The van der Waals surface area contributed by atoms with Gasteiger partial charge in [0.15, 0.2) is 0 Å². The van der Waals surface area contributed by atoms with Gasteiger partial charge in [-0.3, -0.25) is 0 Å². The summed E-state index contributed by atoms with van der Waals surface area (Å²) in [6, 6.07) is 0. The average Bonchev–Trinajstić information content (AvgIpc) is 1.85. The van der Waals surface area contributed by atoms with Gasteiger partial charge in [0.25, 0.3) is 0 Å². The minimum atomic E-state index is 0.500. The monoisotopic (exact) mass is 189 g/mol. The van der Waals surface area contributed by atoms with Gasteiger partial charge in [0.2, 0.25) is 0 Å². The van der Waals surface area contributed by atoms with E-state index < -0.39 is 0 Å². The zero-order valence-electron chi connectivity index (χ0n) is 5.45. The average molecular weight is 191 g/mol. The van der Waals surface area contributed by atoms with Crippen LogP contribution in [0.2, 0.25) is 0 Å². The molecule has 0 saturated carbocycles. The molecule has 0 aliphatic rings. The van der Waals surface area contributed by atoms with Gasteiger partial charge in [-0.05, 0) is 0 Å². The van der Waals surface area contributed by atoms with Crippen LogP contribution in [0, 0.1) is 6.58 Å². The van der Waals surface area contributed by atoms with Crippen molar-refractivity contribution < 1.29 is 27.8 Å². The molecule has 0 aliphatic carbocycles. The molecule has 0 heterocycles. The molecule has 0 radical (unpaired) electrons. The second kappa shape index (κ2) is 11.2. The van der Waals surface area contributed by atoms with Crippen molar-refractivity contribution >= 4 is 10.7 Å². The van der Waals surface area contributed by atoms with Crippen LogP contribution in [-0.2, 0) is 22.6 Å². The van der Waals surface area contributed by atoms with E-state index in [1.165, 1.54) is 6.08 Å². The van der Waals surface area contributed by atoms with Gasteiger partial charge < -0.3 is 9.90 Å². The van der Waals surface area contributed by atoms with Crippen molar-refractivity contribution in [2.24, 2.45) is 5.73 Å². The van der Waals surface area contributed by atoms with E-state index in [4.69, 9.17) is 22.2 Å². The van der Waals surface area contributed by atoms with E-state index in [-0.39, 0.29) is 0 Å². The molecule has 0 bridgehead atoms. The first-order valence-corrected chi connectivity index (χ1v) is 3.84. The maximum absolute atomic E-state index is 8.24. The molecule has 0 aromatic heterocycles. The summed E-state index contributed by atoms with van der Waals surface area (Å²) in [5.41, 5.74) is 5.29. The molecule has 0 amide bonds. The van der Waals surface area contributed by atoms with Gasteiger partial charge in [-0.25, -0.2) is 0 Å². The number of rotatable bonds is 2. The van der Waals surface area contributed by atoms with Crippen molar-refractivity contribution in [2.75, 3.05) is 0 Å². The molecule has 0 atom stereocenters. The van der Waals surface area contributed by atoms with Crippen molar-refractivity contribution in [1.82, 2.24) is 0 Å². The fourth-order valence-corrected chi connectivity index (χ4v) is 0.465. The topological polar surface area (TPSA) is 63.3 Å². The Hall–Kier alpha value is -0.597. The van der Waals surface area contributed by atoms with Gasteiger partial charge in [0.1, 0.15) is 0 Å². The van der Waals surface area contributed by atoms with Gasteiger partial charge in [0, 0.05) is 0 Å². The number of hydrogen-bond acceptors (Lipinski definition) is 2. The predicted molar refractivity (Wildman–Crippen MR) is 35.5 cm³/mol. The van der Waals surface area contributed by atoms with Crippen LogP contribution in [0.1, 0.15) is 0 Å². The molecular weight excluding hydrogens is 183 g/mol. The van der Waals surface area contributed by atoms with E-state index in [2.05, 4.69) is 0 Å². The van der Waals surface area contributed by atoms with Crippen molar-refractivity contribution in [1.29, 1.82) is 0 Å². The zero-order valence-corrected chi connectivity index (χ0v) is 8.42. The Bertz CT molecular complexity index is 143. The Morgan fingerprint density at radius 3 is 2.30 bits per heavy atom. The maximum atomic E-state index is 8.24. The van der Waals surface area contributed by atoms with E-state index in [1.807, 2.05) is 0 Å². The third kappa shape index (κ3) is 26.2. The molecule has 0 aliphatic heterocycles. The molecule has 4 heteroatoms. The zero-order chi connectivity index (χ0) is 8.41. The normalized spacial score (nSPS) is 7.90. The van der Waals surface area contributed by atoms with Crippen LogP contribution in [0.3, 0.4) is 0 Å². The SMILES string of the molecule is O=[C-]O.[CH-]=C/C=C\[C](N)=[Zn]. The van der Waals surface area contributed by atoms with E-state index >= 15 is 0 Å². The molecule has 3 nitrogen and oxygen atoms in total. The molecule has 0 saturated heterocycles. The third-order valence-electron chi connectivity index (χ3n) is 0.421. The van der Waals surface area contributed by atoms with Gasteiger partial charge >= 0.3 is 52.6 Å². The molecule has 10 heavy (non-hydrogen) atoms. The second-order valence-electron chi connectivity index (χ2n) is 1.22. The van der Waals surface area contributed by atoms with Crippen molar-refractivity contribution in [3.05, 3.63) is 24.8 Å². The first-order chi connectivity index (χ1) is 4.68.